The third-order valence-corrected chi connectivity index (χ3v) is 4.03. The van der Waals surface area contributed by atoms with Gasteiger partial charge < -0.3 is 14.9 Å². The van der Waals surface area contributed by atoms with Crippen LogP contribution in [0.5, 0.6) is 0 Å². The zero-order chi connectivity index (χ0) is 14.5. The molecule has 0 unspecified atom stereocenters. The summed E-state index contributed by atoms with van der Waals surface area (Å²) in [5.41, 5.74) is 1.04. The van der Waals surface area contributed by atoms with Crippen LogP contribution in [-0.4, -0.2) is 59.3 Å². The Morgan fingerprint density at radius 2 is 2.00 bits per heavy atom. The number of anilines is 1. The summed E-state index contributed by atoms with van der Waals surface area (Å²) in [5.74, 6) is 1.91. The number of rotatable bonds is 5. The predicted molar refractivity (Wildman–Crippen MR) is 81.1 cm³/mol. The average molecular weight is 278 g/mol. The number of aryl methyl sites for hydroxylation is 2. The maximum absolute atomic E-state index is 8.91. The van der Waals surface area contributed by atoms with E-state index in [0.717, 1.165) is 56.2 Å². The van der Waals surface area contributed by atoms with Gasteiger partial charge in [0.15, 0.2) is 0 Å². The molecule has 0 spiro atoms. The van der Waals surface area contributed by atoms with Gasteiger partial charge in [-0.05, 0) is 40.2 Å². The van der Waals surface area contributed by atoms with Crippen LogP contribution in [-0.2, 0) is 0 Å². The maximum Gasteiger partial charge on any atom is 0.132 e. The quantitative estimate of drug-likeness (QED) is 0.882. The summed E-state index contributed by atoms with van der Waals surface area (Å²) in [6, 6.07) is 2.70. The van der Waals surface area contributed by atoms with Gasteiger partial charge in [-0.3, -0.25) is 0 Å². The van der Waals surface area contributed by atoms with Crippen LogP contribution in [0.2, 0.25) is 0 Å². The Labute approximate surface area is 121 Å². The highest BCUT2D eigenvalue weighted by molar-refractivity contribution is 5.40. The Kier molecular flexibility index (Phi) is 5.31. The number of aromatic nitrogens is 2. The lowest BCUT2D eigenvalue weighted by Gasteiger charge is -2.37. The van der Waals surface area contributed by atoms with Crippen molar-refractivity contribution in [2.75, 3.05) is 38.2 Å². The Hall–Kier alpha value is -1.20. The summed E-state index contributed by atoms with van der Waals surface area (Å²) in [7, 11) is 2.16. The van der Waals surface area contributed by atoms with Gasteiger partial charge in [-0.15, -0.1) is 0 Å². The molecule has 1 aromatic heterocycles. The highest BCUT2D eigenvalue weighted by atomic mass is 16.3. The van der Waals surface area contributed by atoms with Crippen LogP contribution < -0.4 is 4.90 Å². The second-order valence-electron chi connectivity index (χ2n) is 5.69. The normalized spacial score (nSPS) is 16.9. The first-order valence-corrected chi connectivity index (χ1v) is 7.48. The van der Waals surface area contributed by atoms with Gasteiger partial charge in [-0.2, -0.15) is 0 Å². The molecule has 1 N–H and O–H groups in total. The molecular formula is C15H26N4O. The molecule has 1 fully saturated rings. The summed E-state index contributed by atoms with van der Waals surface area (Å²) in [5, 5.41) is 8.91. The van der Waals surface area contributed by atoms with Gasteiger partial charge in [-0.25, -0.2) is 9.97 Å². The van der Waals surface area contributed by atoms with Crippen molar-refractivity contribution in [3.63, 3.8) is 0 Å². The molecule has 0 aliphatic carbocycles. The number of nitrogens with zero attached hydrogens (tertiary/aromatic N) is 4. The fourth-order valence-corrected chi connectivity index (χ4v) is 2.90. The van der Waals surface area contributed by atoms with Gasteiger partial charge in [0.05, 0.1) is 0 Å². The van der Waals surface area contributed by atoms with Crippen molar-refractivity contribution in [3.8, 4) is 0 Å². The molecule has 1 aromatic rings. The highest BCUT2D eigenvalue weighted by Gasteiger charge is 2.23. The van der Waals surface area contributed by atoms with Crippen LogP contribution in [0.15, 0.2) is 6.07 Å². The van der Waals surface area contributed by atoms with E-state index >= 15 is 0 Å². The lowest BCUT2D eigenvalue weighted by atomic mass is 10.0. The minimum atomic E-state index is 0.280. The Morgan fingerprint density at radius 3 is 2.60 bits per heavy atom. The maximum atomic E-state index is 8.91. The van der Waals surface area contributed by atoms with Crippen molar-refractivity contribution in [3.05, 3.63) is 17.6 Å². The largest absolute Gasteiger partial charge is 0.396 e. The zero-order valence-electron chi connectivity index (χ0n) is 12.8. The Bertz CT molecular complexity index is 410. The van der Waals surface area contributed by atoms with Crippen LogP contribution in [0.4, 0.5) is 5.82 Å². The smallest absolute Gasteiger partial charge is 0.132 e. The first-order chi connectivity index (χ1) is 9.60. The van der Waals surface area contributed by atoms with E-state index in [2.05, 4.69) is 32.9 Å². The molecule has 0 bridgehead atoms. The van der Waals surface area contributed by atoms with Gasteiger partial charge in [0.1, 0.15) is 11.6 Å². The molecule has 112 valence electrons. The summed E-state index contributed by atoms with van der Waals surface area (Å²) in [6.45, 7) is 7.32. The summed E-state index contributed by atoms with van der Waals surface area (Å²) in [6.07, 6.45) is 3.18. The topological polar surface area (TPSA) is 52.5 Å². The molecule has 0 atom stereocenters. The van der Waals surface area contributed by atoms with Gasteiger partial charge in [0.2, 0.25) is 0 Å². The average Bonchev–Trinajstić information content (AvgIpc) is 2.44. The number of hydrogen-bond donors (Lipinski definition) is 1. The Morgan fingerprint density at radius 1 is 1.30 bits per heavy atom. The molecule has 5 heteroatoms. The minimum Gasteiger partial charge on any atom is -0.396 e. The van der Waals surface area contributed by atoms with Crippen molar-refractivity contribution in [1.29, 1.82) is 0 Å². The number of hydrogen-bond acceptors (Lipinski definition) is 5. The van der Waals surface area contributed by atoms with Gasteiger partial charge >= 0.3 is 0 Å². The van der Waals surface area contributed by atoms with Crippen LogP contribution in [0.1, 0.15) is 30.8 Å². The standard InChI is InChI=1S/C15H26N4O/c1-12-11-15(17-13(2)16-12)19-8-5-14(6-9-19)18(3)7-4-10-20/h11,14,20H,4-10H2,1-3H3. The lowest BCUT2D eigenvalue weighted by Crippen LogP contribution is -2.44. The fraction of sp³-hybridized carbons (Fsp3) is 0.733. The number of aliphatic hydroxyl groups is 1. The second-order valence-corrected chi connectivity index (χ2v) is 5.69. The molecular weight excluding hydrogens is 252 g/mol. The SMILES string of the molecule is Cc1cc(N2CCC(N(C)CCCO)CC2)nc(C)n1. The van der Waals surface area contributed by atoms with E-state index in [1.807, 2.05) is 13.8 Å². The zero-order valence-corrected chi connectivity index (χ0v) is 12.8. The van der Waals surface area contributed by atoms with Crippen LogP contribution in [0.3, 0.4) is 0 Å². The van der Waals surface area contributed by atoms with Gasteiger partial charge in [-0.1, -0.05) is 0 Å². The molecule has 0 amide bonds. The number of piperidine rings is 1. The van der Waals surface area contributed by atoms with Gasteiger partial charge in [0.25, 0.3) is 0 Å². The Balaban J connectivity index is 1.90. The lowest BCUT2D eigenvalue weighted by molar-refractivity contribution is 0.184. The highest BCUT2D eigenvalue weighted by Crippen LogP contribution is 2.21. The second kappa shape index (κ2) is 6.99. The van der Waals surface area contributed by atoms with E-state index in [9.17, 15) is 0 Å². The van der Waals surface area contributed by atoms with Crippen LogP contribution in [0.25, 0.3) is 0 Å². The van der Waals surface area contributed by atoms with E-state index in [1.54, 1.807) is 0 Å². The minimum absolute atomic E-state index is 0.280. The van der Waals surface area contributed by atoms with Crippen molar-refractivity contribution < 1.29 is 5.11 Å². The summed E-state index contributed by atoms with van der Waals surface area (Å²) >= 11 is 0. The molecule has 1 aliphatic heterocycles. The predicted octanol–water partition coefficient (Wildman–Crippen LogP) is 1.38. The van der Waals surface area contributed by atoms with Crippen molar-refractivity contribution in [2.24, 2.45) is 0 Å². The van der Waals surface area contributed by atoms with E-state index in [-0.39, 0.29) is 6.61 Å². The molecule has 2 heterocycles. The molecule has 1 saturated heterocycles. The molecule has 0 aromatic carbocycles. The third-order valence-electron chi connectivity index (χ3n) is 4.03. The monoisotopic (exact) mass is 278 g/mol. The fourth-order valence-electron chi connectivity index (χ4n) is 2.90. The molecule has 20 heavy (non-hydrogen) atoms. The van der Waals surface area contributed by atoms with Crippen molar-refractivity contribution >= 4 is 5.82 Å². The first kappa shape index (κ1) is 15.2. The summed E-state index contributed by atoms with van der Waals surface area (Å²) < 4.78 is 0. The van der Waals surface area contributed by atoms with E-state index in [1.165, 1.54) is 0 Å². The molecule has 0 saturated carbocycles. The molecule has 0 radical (unpaired) electrons. The third kappa shape index (κ3) is 3.90. The summed E-state index contributed by atoms with van der Waals surface area (Å²) in [4.78, 5) is 13.6. The molecule has 5 nitrogen and oxygen atoms in total. The van der Waals surface area contributed by atoms with E-state index in [0.29, 0.717) is 6.04 Å². The molecule has 1 aliphatic rings. The molecule has 2 rings (SSSR count). The van der Waals surface area contributed by atoms with Crippen molar-refractivity contribution in [1.82, 2.24) is 14.9 Å². The van der Waals surface area contributed by atoms with Crippen LogP contribution in [0, 0.1) is 13.8 Å². The van der Waals surface area contributed by atoms with Crippen molar-refractivity contribution in [2.45, 2.75) is 39.2 Å². The first-order valence-electron chi connectivity index (χ1n) is 7.48. The van der Waals surface area contributed by atoms with Gasteiger partial charge in [0, 0.05) is 44.0 Å². The van der Waals surface area contributed by atoms with E-state index < -0.39 is 0 Å². The van der Waals surface area contributed by atoms with E-state index in [4.69, 9.17) is 5.11 Å². The number of aliphatic hydroxyl groups excluding tert-OH is 1. The van der Waals surface area contributed by atoms with Crippen LogP contribution >= 0.6 is 0 Å².